The van der Waals surface area contributed by atoms with Gasteiger partial charge in [-0.1, -0.05) is 23.9 Å². The quantitative estimate of drug-likeness (QED) is 0.897. The van der Waals surface area contributed by atoms with Crippen molar-refractivity contribution >= 4 is 34.4 Å². The molecule has 1 aromatic carbocycles. The van der Waals surface area contributed by atoms with Crippen molar-refractivity contribution in [2.45, 2.75) is 25.5 Å². The number of ether oxygens (including phenoxy) is 1. The number of carbonyl (C=O) groups excluding carboxylic acids is 2. The Morgan fingerprint density at radius 2 is 2.17 bits per heavy atom. The van der Waals surface area contributed by atoms with Crippen molar-refractivity contribution < 1.29 is 14.3 Å². The van der Waals surface area contributed by atoms with E-state index in [4.69, 9.17) is 4.74 Å². The van der Waals surface area contributed by atoms with Gasteiger partial charge in [0.2, 0.25) is 11.8 Å². The molecule has 1 fully saturated rings. The Hall–Kier alpha value is -2.02. The molecule has 1 heterocycles. The molecule has 1 unspecified atom stereocenters. The number of amides is 2. The zero-order valence-corrected chi connectivity index (χ0v) is 14.4. The van der Waals surface area contributed by atoms with Crippen LogP contribution in [-0.2, 0) is 9.59 Å². The highest BCUT2D eigenvalue weighted by atomic mass is 32.2. The van der Waals surface area contributed by atoms with Crippen molar-refractivity contribution in [2.75, 3.05) is 25.5 Å². The van der Waals surface area contributed by atoms with Gasteiger partial charge in [-0.2, -0.15) is 0 Å². The Labute approximate surface area is 140 Å². The summed E-state index contributed by atoms with van der Waals surface area (Å²) >= 11 is 1.34. The third-order valence-electron chi connectivity index (χ3n) is 3.41. The van der Waals surface area contributed by atoms with Crippen LogP contribution in [0.4, 0.5) is 5.69 Å². The number of nitrogens with zero attached hydrogens (tertiary/aromatic N) is 2. The fraction of sp³-hybridized carbons (Fsp3) is 0.438. The molecule has 0 aliphatic carbocycles. The smallest absolute Gasteiger partial charge is 0.238 e. The normalized spacial score (nSPS) is 19.8. The lowest BCUT2D eigenvalue weighted by Crippen LogP contribution is -2.45. The molecule has 6 nitrogen and oxygen atoms in total. The van der Waals surface area contributed by atoms with Gasteiger partial charge in [0, 0.05) is 19.5 Å². The maximum absolute atomic E-state index is 12.5. The third kappa shape index (κ3) is 4.04. The number of benzene rings is 1. The van der Waals surface area contributed by atoms with E-state index in [0.29, 0.717) is 29.7 Å². The second-order valence-corrected chi connectivity index (χ2v) is 6.06. The number of nitrogens with one attached hydrogen (secondary N) is 1. The van der Waals surface area contributed by atoms with E-state index in [9.17, 15) is 9.59 Å². The molecule has 7 heteroatoms. The summed E-state index contributed by atoms with van der Waals surface area (Å²) in [5, 5.41) is 2.97. The van der Waals surface area contributed by atoms with Gasteiger partial charge < -0.3 is 10.1 Å². The van der Waals surface area contributed by atoms with Crippen molar-refractivity contribution in [2.24, 2.45) is 4.99 Å². The van der Waals surface area contributed by atoms with E-state index < -0.39 is 5.25 Å². The number of thioether (sulfide) groups is 1. The first-order valence-corrected chi connectivity index (χ1v) is 8.44. The average Bonchev–Trinajstić information content (AvgIpc) is 2.55. The Balaban J connectivity index is 2.13. The van der Waals surface area contributed by atoms with Crippen LogP contribution in [0.5, 0.6) is 5.75 Å². The van der Waals surface area contributed by atoms with Gasteiger partial charge >= 0.3 is 0 Å². The fourth-order valence-electron chi connectivity index (χ4n) is 2.28. The summed E-state index contributed by atoms with van der Waals surface area (Å²) in [6.07, 6.45) is 0.169. The third-order valence-corrected chi connectivity index (χ3v) is 4.63. The van der Waals surface area contributed by atoms with Crippen LogP contribution in [0.15, 0.2) is 29.3 Å². The first-order valence-electron chi connectivity index (χ1n) is 7.56. The van der Waals surface area contributed by atoms with E-state index in [1.807, 2.05) is 26.0 Å². The molecule has 0 aromatic heterocycles. The van der Waals surface area contributed by atoms with Crippen LogP contribution < -0.4 is 10.1 Å². The summed E-state index contributed by atoms with van der Waals surface area (Å²) in [6.45, 7) is 4.95. The minimum absolute atomic E-state index is 0.0707. The molecule has 1 aromatic rings. The van der Waals surface area contributed by atoms with Gasteiger partial charge in [0.1, 0.15) is 11.0 Å². The fourth-order valence-corrected chi connectivity index (χ4v) is 3.49. The van der Waals surface area contributed by atoms with Crippen LogP contribution >= 0.6 is 11.8 Å². The first kappa shape index (κ1) is 17.3. The largest absolute Gasteiger partial charge is 0.495 e. The Morgan fingerprint density at radius 1 is 1.43 bits per heavy atom. The molecule has 23 heavy (non-hydrogen) atoms. The number of hydrogen-bond donors (Lipinski definition) is 1. The molecule has 2 rings (SSSR count). The Bertz CT molecular complexity index is 618. The predicted molar refractivity (Wildman–Crippen MR) is 93.0 cm³/mol. The molecule has 1 aliphatic heterocycles. The molecular weight excluding hydrogens is 314 g/mol. The summed E-state index contributed by atoms with van der Waals surface area (Å²) < 4.78 is 5.23. The number of anilines is 1. The Kier molecular flexibility index (Phi) is 6.04. The number of methoxy groups -OCH3 is 1. The lowest BCUT2D eigenvalue weighted by molar-refractivity contribution is -0.129. The molecule has 1 N–H and O–H groups in total. The summed E-state index contributed by atoms with van der Waals surface area (Å²) in [7, 11) is 1.55. The lowest BCUT2D eigenvalue weighted by Gasteiger charge is -2.31. The molecule has 1 atom stereocenters. The lowest BCUT2D eigenvalue weighted by atomic mass is 10.2. The van der Waals surface area contributed by atoms with E-state index in [2.05, 4.69) is 10.3 Å². The van der Waals surface area contributed by atoms with Crippen LogP contribution in [0.2, 0.25) is 0 Å². The van der Waals surface area contributed by atoms with E-state index in [-0.39, 0.29) is 18.2 Å². The second-order valence-electron chi connectivity index (χ2n) is 4.90. The van der Waals surface area contributed by atoms with E-state index in [1.165, 1.54) is 11.8 Å². The summed E-state index contributed by atoms with van der Waals surface area (Å²) in [5.41, 5.74) is 0.597. The van der Waals surface area contributed by atoms with E-state index >= 15 is 0 Å². The second kappa shape index (κ2) is 8.01. The average molecular weight is 335 g/mol. The van der Waals surface area contributed by atoms with Gasteiger partial charge in [0.25, 0.3) is 0 Å². The molecule has 124 valence electrons. The van der Waals surface area contributed by atoms with Gasteiger partial charge in [0.05, 0.1) is 12.8 Å². The monoisotopic (exact) mass is 335 g/mol. The topological polar surface area (TPSA) is 71.0 Å². The van der Waals surface area contributed by atoms with Crippen LogP contribution in [-0.4, -0.2) is 47.3 Å². The van der Waals surface area contributed by atoms with Crippen LogP contribution in [0.1, 0.15) is 20.3 Å². The summed E-state index contributed by atoms with van der Waals surface area (Å²) in [6, 6.07) is 7.20. The van der Waals surface area contributed by atoms with Crippen LogP contribution in [0.25, 0.3) is 0 Å². The maximum Gasteiger partial charge on any atom is 0.238 e. The van der Waals surface area contributed by atoms with Gasteiger partial charge in [-0.15, -0.1) is 0 Å². The summed E-state index contributed by atoms with van der Waals surface area (Å²) in [4.78, 5) is 30.7. The molecule has 2 amide bonds. The van der Waals surface area contributed by atoms with Gasteiger partial charge in [-0.3, -0.25) is 19.5 Å². The number of rotatable bonds is 5. The van der Waals surface area contributed by atoms with Crippen molar-refractivity contribution in [3.63, 3.8) is 0 Å². The van der Waals surface area contributed by atoms with Crippen molar-refractivity contribution in [3.05, 3.63) is 24.3 Å². The highest BCUT2D eigenvalue weighted by molar-refractivity contribution is 8.15. The standard InChI is InChI=1S/C16H21N3O3S/c1-4-17-16-19(5-2)14(20)10-13(23-16)15(21)18-11-8-6-7-9-12(11)22-3/h6-9,13H,4-5,10H2,1-3H3,(H,18,21). The van der Waals surface area contributed by atoms with Crippen LogP contribution in [0, 0.1) is 0 Å². The molecule has 1 aliphatic rings. The Morgan fingerprint density at radius 3 is 2.83 bits per heavy atom. The summed E-state index contributed by atoms with van der Waals surface area (Å²) in [5.74, 6) is 0.302. The zero-order chi connectivity index (χ0) is 16.8. The molecule has 0 bridgehead atoms. The molecule has 0 saturated carbocycles. The first-order chi connectivity index (χ1) is 11.1. The molecule has 0 spiro atoms. The minimum atomic E-state index is -0.486. The number of para-hydroxylation sites is 2. The number of hydrogen-bond acceptors (Lipinski definition) is 5. The van der Waals surface area contributed by atoms with E-state index in [1.54, 1.807) is 24.1 Å². The van der Waals surface area contributed by atoms with Gasteiger partial charge in [-0.05, 0) is 26.0 Å². The van der Waals surface area contributed by atoms with Crippen molar-refractivity contribution in [1.29, 1.82) is 0 Å². The van der Waals surface area contributed by atoms with Crippen LogP contribution in [0.3, 0.4) is 0 Å². The minimum Gasteiger partial charge on any atom is -0.495 e. The zero-order valence-electron chi connectivity index (χ0n) is 13.5. The molecule has 0 radical (unpaired) electrons. The highest BCUT2D eigenvalue weighted by Gasteiger charge is 2.35. The molecule has 1 saturated heterocycles. The maximum atomic E-state index is 12.5. The number of aliphatic imine (C=N–C) groups is 1. The SMILES string of the molecule is CCN=C1SC(C(=O)Nc2ccccc2OC)CC(=O)N1CC. The van der Waals surface area contributed by atoms with Crippen molar-refractivity contribution in [1.82, 2.24) is 4.90 Å². The van der Waals surface area contributed by atoms with Crippen molar-refractivity contribution in [3.8, 4) is 5.75 Å². The number of carbonyl (C=O) groups is 2. The van der Waals surface area contributed by atoms with Gasteiger partial charge in [-0.25, -0.2) is 0 Å². The van der Waals surface area contributed by atoms with E-state index in [0.717, 1.165) is 0 Å². The molecular formula is C16H21N3O3S. The highest BCUT2D eigenvalue weighted by Crippen LogP contribution is 2.29. The van der Waals surface area contributed by atoms with Gasteiger partial charge in [0.15, 0.2) is 5.17 Å². The predicted octanol–water partition coefficient (Wildman–Crippen LogP) is 2.36. The number of amidine groups is 1.